The van der Waals surface area contributed by atoms with Crippen molar-refractivity contribution < 1.29 is 23.6 Å². The van der Waals surface area contributed by atoms with E-state index in [0.717, 1.165) is 0 Å². The van der Waals surface area contributed by atoms with Gasteiger partial charge in [-0.05, 0) is 45.0 Å². The Hall–Kier alpha value is -3.64. The van der Waals surface area contributed by atoms with E-state index in [9.17, 15) is 9.90 Å². The first-order chi connectivity index (χ1) is 14.1. The minimum atomic E-state index is -1.89. The van der Waals surface area contributed by atoms with Crippen LogP contribution in [-0.2, 0) is 11.3 Å². The minimum absolute atomic E-state index is 0.0532. The number of halogens is 1. The van der Waals surface area contributed by atoms with E-state index in [1.54, 1.807) is 31.2 Å². The fourth-order valence-electron chi connectivity index (χ4n) is 3.08. The fourth-order valence-corrected chi connectivity index (χ4v) is 3.08. The Labute approximate surface area is 171 Å². The average Bonchev–Trinajstić information content (AvgIpc) is 3.30. The van der Waals surface area contributed by atoms with E-state index in [1.807, 2.05) is 0 Å². The molecule has 0 saturated heterocycles. The van der Waals surface area contributed by atoms with E-state index in [4.69, 9.17) is 15.0 Å². The SMILES string of the molecule is Cc1cc([C@](C)(O)C#Cc2ccc3c(c2)-n2nc(C(N)=O)cc2C(C)(F)CO3)no1. The van der Waals surface area contributed by atoms with Gasteiger partial charge >= 0.3 is 0 Å². The summed E-state index contributed by atoms with van der Waals surface area (Å²) in [4.78, 5) is 11.6. The normalized spacial score (nSPS) is 19.4. The van der Waals surface area contributed by atoms with Crippen molar-refractivity contribution >= 4 is 5.91 Å². The van der Waals surface area contributed by atoms with Gasteiger partial charge in [-0.1, -0.05) is 17.0 Å². The van der Waals surface area contributed by atoms with Gasteiger partial charge in [-0.15, -0.1) is 0 Å². The summed E-state index contributed by atoms with van der Waals surface area (Å²) in [5.74, 6) is 5.81. The molecule has 1 aromatic carbocycles. The molecule has 8 nitrogen and oxygen atoms in total. The molecule has 0 saturated carbocycles. The maximum absolute atomic E-state index is 15.1. The Morgan fingerprint density at radius 3 is 2.83 bits per heavy atom. The third-order valence-electron chi connectivity index (χ3n) is 4.76. The molecule has 0 fully saturated rings. The first-order valence-corrected chi connectivity index (χ1v) is 9.13. The zero-order valence-electron chi connectivity index (χ0n) is 16.6. The van der Waals surface area contributed by atoms with Gasteiger partial charge in [0, 0.05) is 11.6 Å². The van der Waals surface area contributed by atoms with Crippen LogP contribution in [0.25, 0.3) is 5.69 Å². The highest BCUT2D eigenvalue weighted by atomic mass is 19.1. The zero-order chi connectivity index (χ0) is 21.7. The van der Waals surface area contributed by atoms with Gasteiger partial charge in [-0.3, -0.25) is 4.79 Å². The maximum Gasteiger partial charge on any atom is 0.269 e. The zero-order valence-corrected chi connectivity index (χ0v) is 16.6. The third-order valence-corrected chi connectivity index (χ3v) is 4.76. The van der Waals surface area contributed by atoms with Crippen molar-refractivity contribution in [3.05, 3.63) is 58.7 Å². The topological polar surface area (TPSA) is 116 Å². The summed E-state index contributed by atoms with van der Waals surface area (Å²) in [5.41, 5.74) is 3.20. The summed E-state index contributed by atoms with van der Waals surface area (Å²) in [5, 5.41) is 18.5. The molecule has 30 heavy (non-hydrogen) atoms. The number of rotatable bonds is 2. The van der Waals surface area contributed by atoms with Gasteiger partial charge in [0.05, 0.1) is 5.69 Å². The van der Waals surface area contributed by atoms with Crippen molar-refractivity contribution in [1.29, 1.82) is 0 Å². The van der Waals surface area contributed by atoms with E-state index >= 15 is 4.39 Å². The number of benzene rings is 1. The molecule has 0 aliphatic carbocycles. The molecule has 0 spiro atoms. The minimum Gasteiger partial charge on any atom is -0.488 e. The van der Waals surface area contributed by atoms with Gasteiger partial charge < -0.3 is 20.1 Å². The lowest BCUT2D eigenvalue weighted by atomic mass is 10.0. The van der Waals surface area contributed by atoms with Crippen molar-refractivity contribution in [2.45, 2.75) is 32.0 Å². The predicted octanol–water partition coefficient (Wildman–Crippen LogP) is 2.10. The van der Waals surface area contributed by atoms with Gasteiger partial charge in [0.25, 0.3) is 5.91 Å². The van der Waals surface area contributed by atoms with Crippen LogP contribution in [0.3, 0.4) is 0 Å². The van der Waals surface area contributed by atoms with Crippen molar-refractivity contribution in [3.8, 4) is 23.3 Å². The number of fused-ring (bicyclic) bond motifs is 3. The monoisotopic (exact) mass is 410 g/mol. The lowest BCUT2D eigenvalue weighted by Gasteiger charge is -2.17. The van der Waals surface area contributed by atoms with Gasteiger partial charge in [0.1, 0.15) is 29.5 Å². The summed E-state index contributed by atoms with van der Waals surface area (Å²) in [6.45, 7) is 4.31. The highest BCUT2D eigenvalue weighted by Gasteiger charge is 2.36. The van der Waals surface area contributed by atoms with Gasteiger partial charge in [-0.25, -0.2) is 9.07 Å². The van der Waals surface area contributed by atoms with Crippen LogP contribution in [0.5, 0.6) is 5.75 Å². The summed E-state index contributed by atoms with van der Waals surface area (Å²) in [6.07, 6.45) is 0. The second kappa shape index (κ2) is 6.71. The molecule has 1 amide bonds. The van der Waals surface area contributed by atoms with Crippen molar-refractivity contribution in [2.75, 3.05) is 6.61 Å². The number of nitrogens with zero attached hydrogens (tertiary/aromatic N) is 3. The number of aliphatic hydroxyl groups is 1. The molecule has 2 atom stereocenters. The highest BCUT2D eigenvalue weighted by Crippen LogP contribution is 2.36. The number of ether oxygens (including phenoxy) is 1. The Kier molecular flexibility index (Phi) is 4.40. The lowest BCUT2D eigenvalue weighted by molar-refractivity contribution is 0.0993. The average molecular weight is 410 g/mol. The van der Waals surface area contributed by atoms with Crippen LogP contribution < -0.4 is 10.5 Å². The van der Waals surface area contributed by atoms with E-state index in [2.05, 4.69) is 22.1 Å². The van der Waals surface area contributed by atoms with Crippen LogP contribution in [0.15, 0.2) is 34.9 Å². The van der Waals surface area contributed by atoms with E-state index in [0.29, 0.717) is 28.5 Å². The molecule has 1 aliphatic heterocycles. The Morgan fingerprint density at radius 2 is 2.17 bits per heavy atom. The van der Waals surface area contributed by atoms with E-state index in [1.165, 1.54) is 24.6 Å². The molecule has 3 heterocycles. The molecule has 4 rings (SSSR count). The number of aryl methyl sites for hydroxylation is 1. The number of hydrogen-bond donors (Lipinski definition) is 2. The molecule has 0 bridgehead atoms. The predicted molar refractivity (Wildman–Crippen MR) is 104 cm³/mol. The smallest absolute Gasteiger partial charge is 0.269 e. The molecule has 0 radical (unpaired) electrons. The maximum atomic E-state index is 15.1. The number of primary amides is 1. The number of carbonyl (C=O) groups is 1. The number of carbonyl (C=O) groups excluding carboxylic acids is 1. The van der Waals surface area contributed by atoms with Gasteiger partial charge in [-0.2, -0.15) is 5.10 Å². The number of amides is 1. The van der Waals surface area contributed by atoms with Crippen LogP contribution in [-0.4, -0.2) is 32.6 Å². The second-order valence-electron chi connectivity index (χ2n) is 7.50. The quantitative estimate of drug-likeness (QED) is 0.625. The van der Waals surface area contributed by atoms with Crippen molar-refractivity contribution in [1.82, 2.24) is 14.9 Å². The standard InChI is InChI=1S/C21H19FN4O4/c1-12-8-17(25-30-12)21(3,28)7-6-13-4-5-16-15(9-13)26-18(20(2,22)11-29-16)10-14(24-26)19(23)27/h4-5,8-10,28H,11H2,1-3H3,(H2,23,27)/t20?,21-/m1/s1. The van der Waals surface area contributed by atoms with Crippen LogP contribution in [0.1, 0.15) is 47.0 Å². The summed E-state index contributed by atoms with van der Waals surface area (Å²) in [6, 6.07) is 7.86. The Bertz CT molecular complexity index is 1210. The highest BCUT2D eigenvalue weighted by molar-refractivity contribution is 5.91. The van der Waals surface area contributed by atoms with Crippen LogP contribution in [0, 0.1) is 18.8 Å². The number of aromatic nitrogens is 3. The fraction of sp³-hybridized carbons (Fsp3) is 0.286. The molecule has 9 heteroatoms. The van der Waals surface area contributed by atoms with E-state index in [-0.39, 0.29) is 18.0 Å². The molecule has 3 aromatic rings. The Morgan fingerprint density at radius 1 is 1.40 bits per heavy atom. The number of hydrogen-bond acceptors (Lipinski definition) is 6. The molecule has 1 aliphatic rings. The molecular weight excluding hydrogens is 391 g/mol. The second-order valence-corrected chi connectivity index (χ2v) is 7.50. The van der Waals surface area contributed by atoms with Crippen molar-refractivity contribution in [2.24, 2.45) is 5.73 Å². The molecular formula is C21H19FN4O4. The van der Waals surface area contributed by atoms with E-state index < -0.39 is 17.2 Å². The number of nitrogens with two attached hydrogens (primary N) is 1. The molecule has 154 valence electrons. The van der Waals surface area contributed by atoms with Crippen LogP contribution >= 0.6 is 0 Å². The third kappa shape index (κ3) is 3.42. The Balaban J connectivity index is 1.78. The molecule has 2 aromatic heterocycles. The van der Waals surface area contributed by atoms with Gasteiger partial charge in [0.15, 0.2) is 17.0 Å². The first kappa shape index (κ1) is 19.7. The van der Waals surface area contributed by atoms with Crippen molar-refractivity contribution in [3.63, 3.8) is 0 Å². The summed E-state index contributed by atoms with van der Waals surface area (Å²) in [7, 11) is 0. The molecule has 1 unspecified atom stereocenters. The first-order valence-electron chi connectivity index (χ1n) is 9.13. The number of alkyl halides is 1. The van der Waals surface area contributed by atoms with Crippen LogP contribution in [0.2, 0.25) is 0 Å². The largest absolute Gasteiger partial charge is 0.488 e. The van der Waals surface area contributed by atoms with Gasteiger partial charge in [0.2, 0.25) is 0 Å². The molecule has 3 N–H and O–H groups in total. The summed E-state index contributed by atoms with van der Waals surface area (Å²) < 4.78 is 27.0. The van der Waals surface area contributed by atoms with Crippen LogP contribution in [0.4, 0.5) is 4.39 Å². The summed E-state index contributed by atoms with van der Waals surface area (Å²) >= 11 is 0. The lowest BCUT2D eigenvalue weighted by Crippen LogP contribution is -2.25.